The Morgan fingerprint density at radius 1 is 1.30 bits per heavy atom. The molecule has 1 aliphatic heterocycles. The highest BCUT2D eigenvalue weighted by Gasteiger charge is 2.32. The van der Waals surface area contributed by atoms with Gasteiger partial charge >= 0.3 is 0 Å². The Labute approximate surface area is 118 Å². The van der Waals surface area contributed by atoms with Crippen LogP contribution in [0.4, 0.5) is 0 Å². The molecule has 1 aromatic carbocycles. The number of amides is 3. The number of benzene rings is 1. The van der Waals surface area contributed by atoms with Crippen LogP contribution >= 0.6 is 0 Å². The van der Waals surface area contributed by atoms with Crippen LogP contribution in [0.5, 0.6) is 0 Å². The van der Waals surface area contributed by atoms with Crippen molar-refractivity contribution in [3.63, 3.8) is 0 Å². The summed E-state index contributed by atoms with van der Waals surface area (Å²) in [7, 11) is 0. The quantitative estimate of drug-likeness (QED) is 0.829. The Balaban J connectivity index is 1.85. The molecule has 1 atom stereocenters. The van der Waals surface area contributed by atoms with Crippen LogP contribution in [-0.2, 0) is 20.8 Å². The lowest BCUT2D eigenvalue weighted by atomic mass is 10.1. The third kappa shape index (κ3) is 3.44. The third-order valence-electron chi connectivity index (χ3n) is 3.44. The van der Waals surface area contributed by atoms with Crippen molar-refractivity contribution in [3.8, 4) is 0 Å². The molecule has 0 radical (unpaired) electrons. The van der Waals surface area contributed by atoms with E-state index in [4.69, 9.17) is 0 Å². The predicted molar refractivity (Wildman–Crippen MR) is 73.7 cm³/mol. The highest BCUT2D eigenvalue weighted by Crippen LogP contribution is 2.10. The number of hydrogen-bond donors (Lipinski definition) is 1. The number of imide groups is 1. The van der Waals surface area contributed by atoms with Gasteiger partial charge in [0.05, 0.1) is 0 Å². The van der Waals surface area contributed by atoms with E-state index in [0.717, 1.165) is 6.42 Å². The first-order chi connectivity index (χ1) is 9.58. The zero-order chi connectivity index (χ0) is 14.5. The summed E-state index contributed by atoms with van der Waals surface area (Å²) in [6.45, 7) is 1.61. The Morgan fingerprint density at radius 3 is 2.70 bits per heavy atom. The Morgan fingerprint density at radius 2 is 2.00 bits per heavy atom. The molecule has 1 aliphatic rings. The number of nitrogens with one attached hydrogen (secondary N) is 1. The van der Waals surface area contributed by atoms with Gasteiger partial charge in [-0.05, 0) is 25.3 Å². The van der Waals surface area contributed by atoms with Crippen LogP contribution in [0.2, 0.25) is 0 Å². The average molecular weight is 274 g/mol. The molecule has 1 heterocycles. The van der Waals surface area contributed by atoms with E-state index >= 15 is 0 Å². The molecule has 5 nitrogen and oxygen atoms in total. The van der Waals surface area contributed by atoms with Crippen LogP contribution in [0.1, 0.15) is 25.3 Å². The van der Waals surface area contributed by atoms with Gasteiger partial charge in [-0.2, -0.15) is 0 Å². The molecule has 3 amide bonds. The molecule has 20 heavy (non-hydrogen) atoms. The van der Waals surface area contributed by atoms with E-state index < -0.39 is 17.9 Å². The highest BCUT2D eigenvalue weighted by molar-refractivity contribution is 6.04. The summed E-state index contributed by atoms with van der Waals surface area (Å²) < 4.78 is 0. The van der Waals surface area contributed by atoms with Gasteiger partial charge in [0.25, 0.3) is 0 Å². The number of aryl methyl sites for hydroxylation is 1. The summed E-state index contributed by atoms with van der Waals surface area (Å²) in [5.41, 5.74) is 1.18. The molecular formula is C15H18N2O3. The second kappa shape index (κ2) is 6.32. The normalized spacial score (nSPS) is 18.9. The second-order valence-electron chi connectivity index (χ2n) is 4.95. The lowest BCUT2D eigenvalue weighted by Crippen LogP contribution is -2.58. The van der Waals surface area contributed by atoms with Crippen molar-refractivity contribution >= 4 is 17.7 Å². The predicted octanol–water partition coefficient (Wildman–Crippen LogP) is 0.883. The molecule has 1 fully saturated rings. The first kappa shape index (κ1) is 14.2. The molecule has 1 saturated heterocycles. The molecule has 1 N–H and O–H groups in total. The maximum atomic E-state index is 12.1. The first-order valence-electron chi connectivity index (χ1n) is 6.75. The minimum atomic E-state index is -0.572. The van der Waals surface area contributed by atoms with E-state index in [1.54, 1.807) is 6.92 Å². The van der Waals surface area contributed by atoms with Crippen LogP contribution < -0.4 is 5.32 Å². The van der Waals surface area contributed by atoms with Crippen LogP contribution in [-0.4, -0.2) is 35.2 Å². The highest BCUT2D eigenvalue weighted by atomic mass is 16.2. The zero-order valence-corrected chi connectivity index (χ0v) is 11.5. The summed E-state index contributed by atoms with van der Waals surface area (Å²) in [4.78, 5) is 36.2. The Hall–Kier alpha value is -2.17. The number of hydrogen-bond acceptors (Lipinski definition) is 3. The zero-order valence-electron chi connectivity index (χ0n) is 11.5. The summed E-state index contributed by atoms with van der Waals surface area (Å²) in [6, 6.07) is 9.35. The SMILES string of the molecule is CC1C(=O)NC(=O)CN1C(=O)CCCc1ccccc1. The fourth-order valence-electron chi connectivity index (χ4n) is 2.25. The third-order valence-corrected chi connectivity index (χ3v) is 3.44. The van der Waals surface area contributed by atoms with E-state index in [9.17, 15) is 14.4 Å². The van der Waals surface area contributed by atoms with E-state index in [-0.39, 0.29) is 12.5 Å². The summed E-state index contributed by atoms with van der Waals surface area (Å²) in [6.07, 6.45) is 1.87. The monoisotopic (exact) mass is 274 g/mol. The molecular weight excluding hydrogens is 256 g/mol. The molecule has 0 spiro atoms. The fourth-order valence-corrected chi connectivity index (χ4v) is 2.25. The summed E-state index contributed by atoms with van der Waals surface area (Å²) >= 11 is 0. The van der Waals surface area contributed by atoms with Crippen molar-refractivity contribution in [1.82, 2.24) is 10.2 Å². The standard InChI is InChI=1S/C15H18N2O3/c1-11-15(20)16-13(18)10-17(11)14(19)9-5-8-12-6-3-2-4-7-12/h2-4,6-7,11H,5,8-10H2,1H3,(H,16,18,20). The van der Waals surface area contributed by atoms with Gasteiger partial charge in [-0.3, -0.25) is 19.7 Å². The van der Waals surface area contributed by atoms with Gasteiger partial charge in [-0.25, -0.2) is 0 Å². The minimum Gasteiger partial charge on any atom is -0.322 e. The maximum absolute atomic E-state index is 12.1. The minimum absolute atomic E-state index is 0.0307. The van der Waals surface area contributed by atoms with Crippen molar-refractivity contribution < 1.29 is 14.4 Å². The molecule has 1 aromatic rings. The van der Waals surface area contributed by atoms with E-state index in [2.05, 4.69) is 5.32 Å². The van der Waals surface area contributed by atoms with Crippen LogP contribution in [0.3, 0.4) is 0 Å². The topological polar surface area (TPSA) is 66.5 Å². The molecule has 0 bridgehead atoms. The van der Waals surface area contributed by atoms with Gasteiger partial charge in [0, 0.05) is 6.42 Å². The van der Waals surface area contributed by atoms with Gasteiger partial charge in [-0.1, -0.05) is 30.3 Å². The second-order valence-corrected chi connectivity index (χ2v) is 4.95. The summed E-state index contributed by atoms with van der Waals surface area (Å²) in [5, 5.41) is 2.22. The van der Waals surface area contributed by atoms with Crippen molar-refractivity contribution in [2.45, 2.75) is 32.2 Å². The number of carbonyl (C=O) groups excluding carboxylic acids is 3. The lowest BCUT2D eigenvalue weighted by Gasteiger charge is -2.31. The number of carbonyl (C=O) groups is 3. The molecule has 2 rings (SSSR count). The maximum Gasteiger partial charge on any atom is 0.249 e. The average Bonchev–Trinajstić information content (AvgIpc) is 2.44. The van der Waals surface area contributed by atoms with Gasteiger partial charge in [-0.15, -0.1) is 0 Å². The Bertz CT molecular complexity index is 513. The van der Waals surface area contributed by atoms with Gasteiger partial charge < -0.3 is 4.90 Å². The van der Waals surface area contributed by atoms with Crippen LogP contribution in [0.15, 0.2) is 30.3 Å². The van der Waals surface area contributed by atoms with Gasteiger partial charge in [0.2, 0.25) is 17.7 Å². The fraction of sp³-hybridized carbons (Fsp3) is 0.400. The molecule has 0 saturated carbocycles. The van der Waals surface area contributed by atoms with E-state index in [0.29, 0.717) is 12.8 Å². The van der Waals surface area contributed by atoms with Gasteiger partial charge in [0.1, 0.15) is 12.6 Å². The van der Waals surface area contributed by atoms with Crippen LogP contribution in [0, 0.1) is 0 Å². The van der Waals surface area contributed by atoms with E-state index in [1.165, 1.54) is 10.5 Å². The largest absolute Gasteiger partial charge is 0.322 e. The van der Waals surface area contributed by atoms with E-state index in [1.807, 2.05) is 30.3 Å². The van der Waals surface area contributed by atoms with Crippen molar-refractivity contribution in [2.24, 2.45) is 0 Å². The van der Waals surface area contributed by atoms with Crippen LogP contribution in [0.25, 0.3) is 0 Å². The molecule has 0 aliphatic carbocycles. The van der Waals surface area contributed by atoms with Crippen molar-refractivity contribution in [2.75, 3.05) is 6.54 Å². The number of piperazine rings is 1. The van der Waals surface area contributed by atoms with Gasteiger partial charge in [0.15, 0.2) is 0 Å². The molecule has 106 valence electrons. The van der Waals surface area contributed by atoms with Crippen molar-refractivity contribution in [3.05, 3.63) is 35.9 Å². The molecule has 5 heteroatoms. The van der Waals surface area contributed by atoms with Crippen molar-refractivity contribution in [1.29, 1.82) is 0 Å². The first-order valence-corrected chi connectivity index (χ1v) is 6.75. The lowest BCUT2D eigenvalue weighted by molar-refractivity contribution is -0.149. The number of rotatable bonds is 4. The summed E-state index contributed by atoms with van der Waals surface area (Å²) in [5.74, 6) is -0.959. The molecule has 1 unspecified atom stereocenters. The number of nitrogens with zero attached hydrogens (tertiary/aromatic N) is 1. The Kier molecular flexibility index (Phi) is 4.50. The molecule has 0 aromatic heterocycles. The smallest absolute Gasteiger partial charge is 0.249 e.